The van der Waals surface area contributed by atoms with Crippen LogP contribution in [0, 0.1) is 13.8 Å². The number of carbonyl (C=O) groups excluding carboxylic acids is 1. The van der Waals surface area contributed by atoms with E-state index >= 15 is 0 Å². The van der Waals surface area contributed by atoms with E-state index in [-0.39, 0.29) is 5.91 Å². The molecule has 0 spiro atoms. The molecule has 0 saturated carbocycles. The SMILES string of the molecule is Cc1cc(C)n(-c2ccc(C(=O)Nc3cccc(Cl)c3)cc2)n1. The van der Waals surface area contributed by atoms with Crippen LogP contribution in [0.1, 0.15) is 21.7 Å². The summed E-state index contributed by atoms with van der Waals surface area (Å²) in [4.78, 5) is 12.3. The van der Waals surface area contributed by atoms with E-state index in [1.165, 1.54) is 0 Å². The molecule has 0 aliphatic carbocycles. The van der Waals surface area contributed by atoms with Gasteiger partial charge < -0.3 is 5.32 Å². The lowest BCUT2D eigenvalue weighted by Crippen LogP contribution is -2.12. The van der Waals surface area contributed by atoms with Gasteiger partial charge in [-0.3, -0.25) is 4.79 Å². The highest BCUT2D eigenvalue weighted by atomic mass is 35.5. The van der Waals surface area contributed by atoms with Crippen LogP contribution < -0.4 is 5.32 Å². The van der Waals surface area contributed by atoms with Crippen molar-refractivity contribution in [3.8, 4) is 5.69 Å². The normalized spacial score (nSPS) is 10.6. The van der Waals surface area contributed by atoms with Gasteiger partial charge in [0.25, 0.3) is 5.91 Å². The van der Waals surface area contributed by atoms with Crippen LogP contribution in [0.15, 0.2) is 54.6 Å². The molecular weight excluding hydrogens is 310 g/mol. The van der Waals surface area contributed by atoms with E-state index < -0.39 is 0 Å². The molecule has 5 heteroatoms. The number of amides is 1. The van der Waals surface area contributed by atoms with Crippen molar-refractivity contribution in [2.24, 2.45) is 0 Å². The van der Waals surface area contributed by atoms with Gasteiger partial charge in [0.2, 0.25) is 0 Å². The summed E-state index contributed by atoms with van der Waals surface area (Å²) >= 11 is 5.92. The van der Waals surface area contributed by atoms with Crippen molar-refractivity contribution >= 4 is 23.2 Å². The second-order valence-electron chi connectivity index (χ2n) is 5.35. The third-order valence-electron chi connectivity index (χ3n) is 3.47. The maximum absolute atomic E-state index is 12.3. The molecule has 0 aliphatic rings. The van der Waals surface area contributed by atoms with Gasteiger partial charge in [0.1, 0.15) is 0 Å². The molecule has 23 heavy (non-hydrogen) atoms. The van der Waals surface area contributed by atoms with Crippen LogP contribution in [-0.2, 0) is 0 Å². The van der Waals surface area contributed by atoms with Crippen molar-refractivity contribution in [1.29, 1.82) is 0 Å². The largest absolute Gasteiger partial charge is 0.322 e. The molecule has 0 radical (unpaired) electrons. The summed E-state index contributed by atoms with van der Waals surface area (Å²) in [6.45, 7) is 3.95. The highest BCUT2D eigenvalue weighted by Crippen LogP contribution is 2.17. The lowest BCUT2D eigenvalue weighted by atomic mass is 10.2. The van der Waals surface area contributed by atoms with Gasteiger partial charge in [0, 0.05) is 22.0 Å². The zero-order valence-electron chi connectivity index (χ0n) is 12.9. The molecule has 3 aromatic rings. The fourth-order valence-corrected chi connectivity index (χ4v) is 2.60. The summed E-state index contributed by atoms with van der Waals surface area (Å²) in [6.07, 6.45) is 0. The van der Waals surface area contributed by atoms with Gasteiger partial charge in [0.05, 0.1) is 11.4 Å². The Morgan fingerprint density at radius 2 is 1.83 bits per heavy atom. The highest BCUT2D eigenvalue weighted by molar-refractivity contribution is 6.30. The summed E-state index contributed by atoms with van der Waals surface area (Å²) in [7, 11) is 0. The van der Waals surface area contributed by atoms with Gasteiger partial charge in [-0.2, -0.15) is 5.10 Å². The van der Waals surface area contributed by atoms with Crippen LogP contribution in [0.5, 0.6) is 0 Å². The quantitative estimate of drug-likeness (QED) is 0.776. The van der Waals surface area contributed by atoms with Gasteiger partial charge in [-0.25, -0.2) is 4.68 Å². The van der Waals surface area contributed by atoms with E-state index in [9.17, 15) is 4.79 Å². The number of hydrogen-bond acceptors (Lipinski definition) is 2. The Bertz CT molecular complexity index is 853. The first-order valence-corrected chi connectivity index (χ1v) is 7.61. The minimum Gasteiger partial charge on any atom is -0.322 e. The minimum atomic E-state index is -0.174. The molecule has 1 aromatic heterocycles. The van der Waals surface area contributed by atoms with Crippen molar-refractivity contribution in [2.45, 2.75) is 13.8 Å². The third kappa shape index (κ3) is 3.43. The highest BCUT2D eigenvalue weighted by Gasteiger charge is 2.08. The summed E-state index contributed by atoms with van der Waals surface area (Å²) in [5.41, 5.74) is 4.19. The molecule has 1 amide bonds. The molecule has 2 aromatic carbocycles. The molecule has 0 atom stereocenters. The summed E-state index contributed by atoms with van der Waals surface area (Å²) in [5, 5.41) is 7.85. The molecule has 116 valence electrons. The van der Waals surface area contributed by atoms with Crippen LogP contribution in [0.2, 0.25) is 5.02 Å². The van der Waals surface area contributed by atoms with Gasteiger partial charge >= 0.3 is 0 Å². The average Bonchev–Trinajstić information content (AvgIpc) is 2.86. The second-order valence-corrected chi connectivity index (χ2v) is 5.79. The number of nitrogens with zero attached hydrogens (tertiary/aromatic N) is 2. The number of aromatic nitrogens is 2. The molecule has 3 rings (SSSR count). The number of rotatable bonds is 3. The van der Waals surface area contributed by atoms with Crippen LogP contribution in [0.25, 0.3) is 5.69 Å². The summed E-state index contributed by atoms with van der Waals surface area (Å²) in [6, 6.07) is 16.4. The van der Waals surface area contributed by atoms with Crippen molar-refractivity contribution < 1.29 is 4.79 Å². The topological polar surface area (TPSA) is 46.9 Å². The monoisotopic (exact) mass is 325 g/mol. The fourth-order valence-electron chi connectivity index (χ4n) is 2.41. The van der Waals surface area contributed by atoms with Gasteiger partial charge in [0.15, 0.2) is 0 Å². The second kappa shape index (κ2) is 6.26. The first-order valence-electron chi connectivity index (χ1n) is 7.23. The lowest BCUT2D eigenvalue weighted by Gasteiger charge is -2.08. The predicted octanol–water partition coefficient (Wildman–Crippen LogP) is 4.39. The van der Waals surface area contributed by atoms with Crippen LogP contribution in [0.4, 0.5) is 5.69 Å². The van der Waals surface area contributed by atoms with Crippen molar-refractivity contribution in [3.05, 3.63) is 76.6 Å². The van der Waals surface area contributed by atoms with Crippen LogP contribution in [0.3, 0.4) is 0 Å². The number of benzene rings is 2. The van der Waals surface area contributed by atoms with E-state index in [4.69, 9.17) is 11.6 Å². The molecular formula is C18H16ClN3O. The lowest BCUT2D eigenvalue weighted by molar-refractivity contribution is 0.102. The van der Waals surface area contributed by atoms with Gasteiger partial charge in [-0.15, -0.1) is 0 Å². The smallest absolute Gasteiger partial charge is 0.255 e. The van der Waals surface area contributed by atoms with Crippen molar-refractivity contribution in [2.75, 3.05) is 5.32 Å². The zero-order valence-corrected chi connectivity index (χ0v) is 13.6. The average molecular weight is 326 g/mol. The van der Waals surface area contributed by atoms with Gasteiger partial charge in [-0.1, -0.05) is 17.7 Å². The first kappa shape index (κ1) is 15.3. The zero-order chi connectivity index (χ0) is 16.4. The molecule has 0 fully saturated rings. The van der Waals surface area contributed by atoms with E-state index in [1.807, 2.05) is 36.7 Å². The number of hydrogen-bond donors (Lipinski definition) is 1. The van der Waals surface area contributed by atoms with E-state index in [0.29, 0.717) is 16.3 Å². The van der Waals surface area contributed by atoms with E-state index in [2.05, 4.69) is 10.4 Å². The fraction of sp³-hybridized carbons (Fsp3) is 0.111. The molecule has 0 bridgehead atoms. The molecule has 0 unspecified atom stereocenters. The Morgan fingerprint density at radius 1 is 1.09 bits per heavy atom. The minimum absolute atomic E-state index is 0.174. The maximum Gasteiger partial charge on any atom is 0.255 e. The van der Waals surface area contributed by atoms with Crippen LogP contribution >= 0.6 is 11.6 Å². The van der Waals surface area contributed by atoms with E-state index in [0.717, 1.165) is 17.1 Å². The predicted molar refractivity (Wildman–Crippen MR) is 92.4 cm³/mol. The molecule has 0 aliphatic heterocycles. The Hall–Kier alpha value is -2.59. The van der Waals surface area contributed by atoms with Crippen molar-refractivity contribution in [1.82, 2.24) is 9.78 Å². The molecule has 0 saturated heterocycles. The third-order valence-corrected chi connectivity index (χ3v) is 3.70. The number of halogens is 1. The van der Waals surface area contributed by atoms with E-state index in [1.54, 1.807) is 36.4 Å². The van der Waals surface area contributed by atoms with Gasteiger partial charge in [-0.05, 0) is 62.4 Å². The standard InChI is InChI=1S/C18H16ClN3O/c1-12-10-13(2)22(21-12)17-8-6-14(7-9-17)18(23)20-16-5-3-4-15(19)11-16/h3-11H,1-2H3,(H,20,23). The number of nitrogens with one attached hydrogen (secondary N) is 1. The Morgan fingerprint density at radius 3 is 2.43 bits per heavy atom. The number of carbonyl (C=O) groups is 1. The van der Waals surface area contributed by atoms with Crippen molar-refractivity contribution in [3.63, 3.8) is 0 Å². The first-order chi connectivity index (χ1) is 11.0. The van der Waals surface area contributed by atoms with Crippen LogP contribution in [-0.4, -0.2) is 15.7 Å². The maximum atomic E-state index is 12.3. The Labute approximate surface area is 139 Å². The number of aryl methyl sites for hydroxylation is 2. The molecule has 4 nitrogen and oxygen atoms in total. The summed E-state index contributed by atoms with van der Waals surface area (Å²) < 4.78 is 1.86. The Kier molecular flexibility index (Phi) is 4.17. The Balaban J connectivity index is 1.79. The number of anilines is 1. The summed E-state index contributed by atoms with van der Waals surface area (Å²) in [5.74, 6) is -0.174. The molecule has 1 heterocycles. The molecule has 1 N–H and O–H groups in total.